The van der Waals surface area contributed by atoms with E-state index in [4.69, 9.17) is 16.9 Å². The first-order valence-corrected chi connectivity index (χ1v) is 7.28. The van der Waals surface area contributed by atoms with Crippen LogP contribution in [-0.2, 0) is 0 Å². The van der Waals surface area contributed by atoms with Crippen LogP contribution in [0.3, 0.4) is 0 Å². The first-order chi connectivity index (χ1) is 4.98. The highest BCUT2D eigenvalue weighted by Crippen LogP contribution is 2.17. The Hall–Kier alpha value is -0.523. The summed E-state index contributed by atoms with van der Waals surface area (Å²) in [6, 6.07) is 1.91. The van der Waals surface area contributed by atoms with E-state index in [9.17, 15) is 0 Å². The first-order valence-electron chi connectivity index (χ1n) is 3.41. The molecule has 0 bridgehead atoms. The second kappa shape index (κ2) is 4.37. The second-order valence-corrected chi connectivity index (χ2v) is 9.02. The number of nitriles is 1. The second-order valence-electron chi connectivity index (χ2n) is 3.25. The summed E-state index contributed by atoms with van der Waals surface area (Å²) in [4.78, 5) is 0. The van der Waals surface area contributed by atoms with Crippen LogP contribution in [-0.4, -0.2) is 8.07 Å². The van der Waals surface area contributed by atoms with Crippen LogP contribution in [0.4, 0.5) is 0 Å². The number of rotatable bonds is 2. The molecule has 0 aliphatic carbocycles. The molecule has 0 saturated heterocycles. The maximum absolute atomic E-state index is 8.18. The summed E-state index contributed by atoms with van der Waals surface area (Å²) in [6.45, 7) is 6.48. The molecule has 0 aromatic carbocycles. The highest BCUT2D eigenvalue weighted by Gasteiger charge is 2.16. The Balaban J connectivity index is 4.26. The van der Waals surface area contributed by atoms with Crippen molar-refractivity contribution in [1.82, 2.24) is 0 Å². The molecular weight excluding hydrogens is 174 g/mol. The van der Waals surface area contributed by atoms with Crippen molar-refractivity contribution in [2.45, 2.75) is 19.6 Å². The minimum absolute atomic E-state index is 0.893. The maximum Gasteiger partial charge on any atom is 0.0922 e. The smallest absolute Gasteiger partial charge is 0.0922 e. The number of allylic oxidation sites excluding steroid dienone is 3. The molecule has 0 radical (unpaired) electrons. The summed E-state index contributed by atoms with van der Waals surface area (Å²) < 4.78 is 0.893. The highest BCUT2D eigenvalue weighted by atomic mass is 35.5. The fourth-order valence-electron chi connectivity index (χ4n) is 0.426. The van der Waals surface area contributed by atoms with Crippen molar-refractivity contribution < 1.29 is 0 Å². The quantitative estimate of drug-likeness (QED) is 0.369. The molecule has 0 fully saturated rings. The van der Waals surface area contributed by atoms with Gasteiger partial charge in [-0.15, -0.1) is 0 Å². The van der Waals surface area contributed by atoms with Crippen molar-refractivity contribution in [3.8, 4) is 6.07 Å². The predicted molar refractivity (Wildman–Crippen MR) is 52.0 cm³/mol. The molecule has 11 heavy (non-hydrogen) atoms. The third-order valence-corrected chi connectivity index (χ3v) is 4.56. The van der Waals surface area contributed by atoms with Crippen molar-refractivity contribution in [1.29, 1.82) is 5.26 Å². The van der Waals surface area contributed by atoms with Gasteiger partial charge in [0.05, 0.1) is 14.1 Å². The molecular formula is C8H12ClNSi. The molecule has 0 rings (SSSR count). The van der Waals surface area contributed by atoms with Gasteiger partial charge >= 0.3 is 0 Å². The van der Waals surface area contributed by atoms with Crippen molar-refractivity contribution >= 4 is 19.7 Å². The summed E-state index contributed by atoms with van der Waals surface area (Å²) in [5.74, 6) is 0. The lowest BCUT2D eigenvalue weighted by atomic mass is 10.5. The van der Waals surface area contributed by atoms with E-state index in [0.717, 1.165) is 4.66 Å². The van der Waals surface area contributed by atoms with Crippen LogP contribution in [0.25, 0.3) is 0 Å². The molecule has 0 aliphatic rings. The van der Waals surface area contributed by atoms with Crippen molar-refractivity contribution in [2.24, 2.45) is 0 Å². The number of hydrogen-bond donors (Lipinski definition) is 0. The van der Waals surface area contributed by atoms with Crippen LogP contribution < -0.4 is 0 Å². The van der Waals surface area contributed by atoms with Crippen LogP contribution in [0.2, 0.25) is 19.6 Å². The maximum atomic E-state index is 8.18. The lowest BCUT2D eigenvalue weighted by molar-refractivity contribution is 1.53. The molecule has 1 nitrogen and oxygen atoms in total. The minimum atomic E-state index is -1.34. The van der Waals surface area contributed by atoms with E-state index in [1.165, 1.54) is 6.08 Å². The first kappa shape index (κ1) is 10.5. The molecule has 0 heterocycles. The average molecular weight is 186 g/mol. The van der Waals surface area contributed by atoms with Gasteiger partial charge in [-0.3, -0.25) is 0 Å². The number of halogens is 1. The third kappa shape index (κ3) is 4.83. The van der Waals surface area contributed by atoms with Crippen LogP contribution in [0.1, 0.15) is 0 Å². The standard InChI is InChI=1S/C8H12ClNSi/c1-11(2,3)8(9)6-4-5-7-10/h4-6H,1-3H3/b5-4-,8-6+. The van der Waals surface area contributed by atoms with Gasteiger partial charge in [0.1, 0.15) is 0 Å². The SMILES string of the molecule is C[Si](C)(C)/C(Cl)=C/C=C\C#N. The highest BCUT2D eigenvalue weighted by molar-refractivity contribution is 6.91. The molecule has 0 saturated carbocycles. The lowest BCUT2D eigenvalue weighted by Crippen LogP contribution is -2.20. The van der Waals surface area contributed by atoms with Gasteiger partial charge in [-0.05, 0) is 0 Å². The molecule has 0 unspecified atom stereocenters. The van der Waals surface area contributed by atoms with Gasteiger partial charge in [-0.1, -0.05) is 43.4 Å². The summed E-state index contributed by atoms with van der Waals surface area (Å²) in [7, 11) is -1.34. The average Bonchev–Trinajstić information content (AvgIpc) is 1.86. The van der Waals surface area contributed by atoms with Gasteiger partial charge < -0.3 is 0 Å². The molecule has 0 amide bonds. The molecule has 0 spiro atoms. The summed E-state index contributed by atoms with van der Waals surface area (Å²) in [5.41, 5.74) is 0. The van der Waals surface area contributed by atoms with Crippen molar-refractivity contribution in [3.63, 3.8) is 0 Å². The van der Waals surface area contributed by atoms with E-state index in [-0.39, 0.29) is 0 Å². The van der Waals surface area contributed by atoms with Gasteiger partial charge in [-0.25, -0.2) is 0 Å². The van der Waals surface area contributed by atoms with E-state index in [1.54, 1.807) is 12.2 Å². The monoisotopic (exact) mass is 185 g/mol. The third-order valence-electron chi connectivity index (χ3n) is 1.13. The molecule has 0 aromatic rings. The van der Waals surface area contributed by atoms with E-state index < -0.39 is 8.07 Å². The molecule has 0 aliphatic heterocycles. The number of nitrogens with zero attached hydrogens (tertiary/aromatic N) is 1. The van der Waals surface area contributed by atoms with E-state index in [0.29, 0.717) is 0 Å². The van der Waals surface area contributed by atoms with Crippen molar-refractivity contribution in [3.05, 3.63) is 22.9 Å². The molecule has 3 heteroatoms. The van der Waals surface area contributed by atoms with Crippen LogP contribution in [0, 0.1) is 11.3 Å². The van der Waals surface area contributed by atoms with Crippen molar-refractivity contribution in [2.75, 3.05) is 0 Å². The van der Waals surface area contributed by atoms with E-state index in [2.05, 4.69) is 19.6 Å². The van der Waals surface area contributed by atoms with Crippen LogP contribution >= 0.6 is 11.6 Å². The Morgan fingerprint density at radius 1 is 1.45 bits per heavy atom. The Kier molecular flexibility index (Phi) is 4.17. The molecule has 60 valence electrons. The van der Waals surface area contributed by atoms with Crippen LogP contribution in [0.5, 0.6) is 0 Å². The Morgan fingerprint density at radius 2 is 2.00 bits per heavy atom. The zero-order valence-electron chi connectivity index (χ0n) is 7.06. The van der Waals surface area contributed by atoms with E-state index in [1.807, 2.05) is 6.07 Å². The lowest BCUT2D eigenvalue weighted by Gasteiger charge is -2.13. The largest absolute Gasteiger partial charge is 0.193 e. The normalized spacial score (nSPS) is 13.5. The Bertz CT molecular complexity index is 217. The summed E-state index contributed by atoms with van der Waals surface area (Å²) in [6.07, 6.45) is 4.90. The molecule has 0 atom stereocenters. The summed E-state index contributed by atoms with van der Waals surface area (Å²) in [5, 5.41) is 8.18. The van der Waals surface area contributed by atoms with Gasteiger partial charge in [0.2, 0.25) is 0 Å². The fraction of sp³-hybridized carbons (Fsp3) is 0.375. The topological polar surface area (TPSA) is 23.8 Å². The van der Waals surface area contributed by atoms with Gasteiger partial charge in [0, 0.05) is 10.7 Å². The zero-order chi connectivity index (χ0) is 8.91. The van der Waals surface area contributed by atoms with Gasteiger partial charge in [0.15, 0.2) is 0 Å². The minimum Gasteiger partial charge on any atom is -0.193 e. The Labute approximate surface area is 74.0 Å². The fourth-order valence-corrected chi connectivity index (χ4v) is 1.09. The van der Waals surface area contributed by atoms with Gasteiger partial charge in [-0.2, -0.15) is 5.26 Å². The van der Waals surface area contributed by atoms with Gasteiger partial charge in [0.25, 0.3) is 0 Å². The van der Waals surface area contributed by atoms with Crippen LogP contribution in [0.15, 0.2) is 22.9 Å². The molecule has 0 aromatic heterocycles. The zero-order valence-corrected chi connectivity index (χ0v) is 8.81. The van der Waals surface area contributed by atoms with E-state index >= 15 is 0 Å². The number of hydrogen-bond acceptors (Lipinski definition) is 1. The molecule has 0 N–H and O–H groups in total. The predicted octanol–water partition coefficient (Wildman–Crippen LogP) is 3.07. The Morgan fingerprint density at radius 3 is 2.36 bits per heavy atom. The summed E-state index contributed by atoms with van der Waals surface area (Å²) >= 11 is 5.95.